The second-order valence-electron chi connectivity index (χ2n) is 4.63. The maximum absolute atomic E-state index is 12.1. The summed E-state index contributed by atoms with van der Waals surface area (Å²) >= 11 is 12.0. The van der Waals surface area contributed by atoms with Crippen LogP contribution >= 0.6 is 23.2 Å². The normalized spacial score (nSPS) is 16.9. The first kappa shape index (κ1) is 13.7. The van der Waals surface area contributed by atoms with Crippen molar-refractivity contribution < 1.29 is 4.79 Å². The summed E-state index contributed by atoms with van der Waals surface area (Å²) in [7, 11) is 0. The summed E-state index contributed by atoms with van der Waals surface area (Å²) in [6, 6.07) is 5.41. The summed E-state index contributed by atoms with van der Waals surface area (Å²) in [6.07, 6.45) is 2.04. The van der Waals surface area contributed by atoms with E-state index in [1.807, 2.05) is 4.90 Å². The minimum Gasteiger partial charge on any atom is -0.342 e. The van der Waals surface area contributed by atoms with E-state index in [-0.39, 0.29) is 11.9 Å². The molecule has 98 valence electrons. The third-order valence-corrected chi connectivity index (χ3v) is 3.85. The van der Waals surface area contributed by atoms with Crippen LogP contribution in [0.15, 0.2) is 18.2 Å². The highest BCUT2D eigenvalue weighted by Gasteiger charge is 2.21. The maximum Gasteiger partial charge on any atom is 0.227 e. The minimum atomic E-state index is 0.0890. The molecular weight excluding hydrogens is 271 g/mol. The molecule has 1 aliphatic rings. The number of rotatable bonds is 2. The lowest BCUT2D eigenvalue weighted by Crippen LogP contribution is -2.43. The molecule has 1 aromatic carbocycles. The van der Waals surface area contributed by atoms with Crippen LogP contribution in [0.5, 0.6) is 0 Å². The summed E-state index contributed by atoms with van der Waals surface area (Å²) in [6.45, 7) is 1.47. The van der Waals surface area contributed by atoms with Gasteiger partial charge in [0.05, 0.1) is 6.42 Å². The fourth-order valence-corrected chi connectivity index (χ4v) is 2.48. The summed E-state index contributed by atoms with van der Waals surface area (Å²) in [5, 5.41) is 1.18. The first-order valence-electron chi connectivity index (χ1n) is 6.03. The Kier molecular flexibility index (Phi) is 4.49. The average molecular weight is 287 g/mol. The van der Waals surface area contributed by atoms with Gasteiger partial charge in [0.15, 0.2) is 0 Å². The molecule has 1 aliphatic heterocycles. The van der Waals surface area contributed by atoms with Gasteiger partial charge in [-0.2, -0.15) is 0 Å². The number of piperidine rings is 1. The minimum absolute atomic E-state index is 0.0890. The Balaban J connectivity index is 2.00. The molecule has 0 aromatic heterocycles. The van der Waals surface area contributed by atoms with Gasteiger partial charge in [0, 0.05) is 29.2 Å². The quantitative estimate of drug-likeness (QED) is 0.908. The first-order valence-corrected chi connectivity index (χ1v) is 6.79. The summed E-state index contributed by atoms with van der Waals surface area (Å²) in [4.78, 5) is 14.0. The largest absolute Gasteiger partial charge is 0.342 e. The van der Waals surface area contributed by atoms with E-state index in [4.69, 9.17) is 28.9 Å². The molecule has 2 N–H and O–H groups in total. The number of hydrogen-bond acceptors (Lipinski definition) is 2. The Labute approximate surface area is 117 Å². The van der Waals surface area contributed by atoms with Gasteiger partial charge in [-0.15, -0.1) is 0 Å². The fraction of sp³-hybridized carbons (Fsp3) is 0.462. The van der Waals surface area contributed by atoms with Crippen LogP contribution in [0.4, 0.5) is 0 Å². The van der Waals surface area contributed by atoms with Gasteiger partial charge in [0.1, 0.15) is 0 Å². The number of carbonyl (C=O) groups excluding carboxylic acids is 1. The van der Waals surface area contributed by atoms with E-state index in [1.54, 1.807) is 18.2 Å². The third kappa shape index (κ3) is 3.37. The lowest BCUT2D eigenvalue weighted by molar-refractivity contribution is -0.131. The highest BCUT2D eigenvalue weighted by Crippen LogP contribution is 2.22. The van der Waals surface area contributed by atoms with Crippen LogP contribution in [0.1, 0.15) is 18.4 Å². The molecule has 1 saturated heterocycles. The Morgan fingerprint density at radius 3 is 2.67 bits per heavy atom. The zero-order valence-corrected chi connectivity index (χ0v) is 11.5. The van der Waals surface area contributed by atoms with Gasteiger partial charge in [0.2, 0.25) is 5.91 Å². The Morgan fingerprint density at radius 2 is 2.00 bits per heavy atom. The summed E-state index contributed by atoms with van der Waals surface area (Å²) in [5.74, 6) is 0.0890. The van der Waals surface area contributed by atoms with Crippen molar-refractivity contribution in [1.82, 2.24) is 4.90 Å². The molecule has 5 heteroatoms. The molecule has 3 nitrogen and oxygen atoms in total. The van der Waals surface area contributed by atoms with E-state index >= 15 is 0 Å². The molecule has 0 bridgehead atoms. The molecule has 1 amide bonds. The van der Waals surface area contributed by atoms with Crippen molar-refractivity contribution in [2.24, 2.45) is 5.73 Å². The second kappa shape index (κ2) is 5.91. The SMILES string of the molecule is NC1CCN(C(=O)Cc2cc(Cl)ccc2Cl)CC1. The van der Waals surface area contributed by atoms with Crippen LogP contribution in [0.2, 0.25) is 10.0 Å². The average Bonchev–Trinajstić information content (AvgIpc) is 2.34. The van der Waals surface area contributed by atoms with Crippen LogP contribution in [-0.4, -0.2) is 29.9 Å². The van der Waals surface area contributed by atoms with Gasteiger partial charge in [-0.3, -0.25) is 4.79 Å². The van der Waals surface area contributed by atoms with Crippen molar-refractivity contribution in [1.29, 1.82) is 0 Å². The van der Waals surface area contributed by atoms with Crippen LogP contribution in [0, 0.1) is 0 Å². The number of carbonyl (C=O) groups is 1. The molecule has 18 heavy (non-hydrogen) atoms. The van der Waals surface area contributed by atoms with Crippen molar-refractivity contribution in [3.8, 4) is 0 Å². The van der Waals surface area contributed by atoms with Crippen molar-refractivity contribution >= 4 is 29.1 Å². The molecule has 0 radical (unpaired) electrons. The number of nitrogens with zero attached hydrogens (tertiary/aromatic N) is 1. The number of likely N-dealkylation sites (tertiary alicyclic amines) is 1. The van der Waals surface area contributed by atoms with Gasteiger partial charge in [0.25, 0.3) is 0 Å². The van der Waals surface area contributed by atoms with Crippen LogP contribution in [0.3, 0.4) is 0 Å². The van der Waals surface area contributed by atoms with Gasteiger partial charge >= 0.3 is 0 Å². The van der Waals surface area contributed by atoms with Crippen LogP contribution < -0.4 is 5.73 Å². The van der Waals surface area contributed by atoms with Crippen LogP contribution in [-0.2, 0) is 11.2 Å². The highest BCUT2D eigenvalue weighted by molar-refractivity contribution is 6.33. The predicted octanol–water partition coefficient (Wildman–Crippen LogP) is 2.49. The first-order chi connectivity index (χ1) is 8.56. The van der Waals surface area contributed by atoms with Crippen molar-refractivity contribution in [3.63, 3.8) is 0 Å². The lowest BCUT2D eigenvalue weighted by Gasteiger charge is -2.30. The molecule has 1 heterocycles. The predicted molar refractivity (Wildman–Crippen MR) is 74.0 cm³/mol. The van der Waals surface area contributed by atoms with E-state index in [0.29, 0.717) is 16.5 Å². The molecular formula is C13H16Cl2N2O. The zero-order valence-electron chi connectivity index (χ0n) is 10.0. The van der Waals surface area contributed by atoms with Gasteiger partial charge in [-0.05, 0) is 36.6 Å². The van der Waals surface area contributed by atoms with Gasteiger partial charge < -0.3 is 10.6 Å². The van der Waals surface area contributed by atoms with Crippen molar-refractivity contribution in [2.75, 3.05) is 13.1 Å². The zero-order chi connectivity index (χ0) is 13.1. The van der Waals surface area contributed by atoms with E-state index < -0.39 is 0 Å². The smallest absolute Gasteiger partial charge is 0.227 e. The van der Waals surface area contributed by atoms with Crippen molar-refractivity contribution in [2.45, 2.75) is 25.3 Å². The van der Waals surface area contributed by atoms with E-state index in [1.165, 1.54) is 0 Å². The highest BCUT2D eigenvalue weighted by atomic mass is 35.5. The Hall–Kier alpha value is -0.770. The molecule has 1 aromatic rings. The number of halogens is 2. The molecule has 1 fully saturated rings. The number of benzene rings is 1. The summed E-state index contributed by atoms with van der Waals surface area (Å²) < 4.78 is 0. The monoisotopic (exact) mass is 286 g/mol. The molecule has 0 unspecified atom stereocenters. The molecule has 0 atom stereocenters. The number of nitrogens with two attached hydrogens (primary N) is 1. The van der Waals surface area contributed by atoms with E-state index in [2.05, 4.69) is 0 Å². The second-order valence-corrected chi connectivity index (χ2v) is 5.47. The standard InChI is InChI=1S/C13H16Cl2N2O/c14-10-1-2-12(15)9(7-10)8-13(18)17-5-3-11(16)4-6-17/h1-2,7,11H,3-6,8,16H2. The summed E-state index contributed by atoms with van der Waals surface area (Å²) in [5.41, 5.74) is 6.60. The maximum atomic E-state index is 12.1. The topological polar surface area (TPSA) is 46.3 Å². The Bertz CT molecular complexity index is 443. The van der Waals surface area contributed by atoms with E-state index in [9.17, 15) is 4.79 Å². The molecule has 0 aliphatic carbocycles. The van der Waals surface area contributed by atoms with Gasteiger partial charge in [-0.25, -0.2) is 0 Å². The van der Waals surface area contributed by atoms with Gasteiger partial charge in [-0.1, -0.05) is 23.2 Å². The number of amides is 1. The lowest BCUT2D eigenvalue weighted by atomic mass is 10.0. The molecule has 0 spiro atoms. The molecule has 2 rings (SSSR count). The van der Waals surface area contributed by atoms with Crippen LogP contribution in [0.25, 0.3) is 0 Å². The fourth-order valence-electron chi connectivity index (χ4n) is 2.10. The third-order valence-electron chi connectivity index (χ3n) is 3.24. The van der Waals surface area contributed by atoms with E-state index in [0.717, 1.165) is 31.5 Å². The molecule has 0 saturated carbocycles. The number of hydrogen-bond donors (Lipinski definition) is 1. The Morgan fingerprint density at radius 1 is 1.33 bits per heavy atom. The van der Waals surface area contributed by atoms with Crippen molar-refractivity contribution in [3.05, 3.63) is 33.8 Å².